The first-order valence-corrected chi connectivity index (χ1v) is 10.8. The predicted octanol–water partition coefficient (Wildman–Crippen LogP) is 3.61. The van der Waals surface area contributed by atoms with Crippen molar-refractivity contribution >= 4 is 29.6 Å². The zero-order chi connectivity index (χ0) is 23.1. The van der Waals surface area contributed by atoms with Gasteiger partial charge in [0.1, 0.15) is 5.56 Å². The van der Waals surface area contributed by atoms with Crippen molar-refractivity contribution in [3.8, 4) is 11.1 Å². The molecule has 5 rings (SSSR count). The molecule has 0 saturated heterocycles. The first kappa shape index (κ1) is 20.8. The van der Waals surface area contributed by atoms with Crippen molar-refractivity contribution in [3.63, 3.8) is 0 Å². The molecule has 0 aromatic heterocycles. The van der Waals surface area contributed by atoms with Crippen LogP contribution >= 0.6 is 0 Å². The molecular weight excluding hydrogens is 418 g/mol. The Labute approximate surface area is 190 Å². The van der Waals surface area contributed by atoms with E-state index in [0.29, 0.717) is 6.42 Å². The van der Waals surface area contributed by atoms with E-state index >= 15 is 0 Å². The molecule has 1 atom stereocenters. The normalized spacial score (nSPS) is 15.7. The van der Waals surface area contributed by atoms with Crippen molar-refractivity contribution in [2.24, 2.45) is 5.92 Å². The van der Waals surface area contributed by atoms with Crippen molar-refractivity contribution < 1.29 is 19.2 Å². The highest BCUT2D eigenvalue weighted by Crippen LogP contribution is 2.28. The minimum absolute atomic E-state index is 0.167. The van der Waals surface area contributed by atoms with Gasteiger partial charge in [-0.2, -0.15) is 0 Å². The van der Waals surface area contributed by atoms with Gasteiger partial charge in [0, 0.05) is 17.5 Å². The van der Waals surface area contributed by atoms with Gasteiger partial charge in [0.25, 0.3) is 5.69 Å². The summed E-state index contributed by atoms with van der Waals surface area (Å²) in [4.78, 5) is 36.0. The predicted molar refractivity (Wildman–Crippen MR) is 124 cm³/mol. The van der Waals surface area contributed by atoms with Gasteiger partial charge in [-0.05, 0) is 58.0 Å². The Balaban J connectivity index is 1.57. The highest BCUT2D eigenvalue weighted by molar-refractivity contribution is 6.03. The van der Waals surface area contributed by atoms with E-state index in [2.05, 4.69) is 35.1 Å². The number of nitrogens with zero attached hydrogens (tertiary/aromatic N) is 1. The fourth-order valence-electron chi connectivity index (χ4n) is 4.86. The molecule has 0 radical (unpaired) electrons. The Morgan fingerprint density at radius 2 is 1.82 bits per heavy atom. The quantitative estimate of drug-likeness (QED) is 0.268. The molecule has 3 aromatic carbocycles. The molecule has 6 nitrogen and oxygen atoms in total. The number of nitro groups is 1. The van der Waals surface area contributed by atoms with E-state index in [0.717, 1.165) is 36.0 Å². The number of Topliss-reactive ketones (excluding diaryl/α,β-unsaturated/α-hetero) is 1. The number of nitro benzene ring substituents is 1. The summed E-state index contributed by atoms with van der Waals surface area (Å²) in [5.74, 6) is -1.38. The third-order valence-electron chi connectivity index (χ3n) is 6.52. The molecule has 6 heteroatoms. The first-order chi connectivity index (χ1) is 16.0. The van der Waals surface area contributed by atoms with E-state index in [1.807, 2.05) is 18.2 Å². The number of fused-ring (bicyclic) bond motifs is 5. The summed E-state index contributed by atoms with van der Waals surface area (Å²) in [5.41, 5.74) is 4.50. The van der Waals surface area contributed by atoms with Gasteiger partial charge in [0.05, 0.1) is 12.0 Å². The van der Waals surface area contributed by atoms with E-state index < -0.39 is 22.5 Å². The average molecular weight is 439 g/mol. The summed E-state index contributed by atoms with van der Waals surface area (Å²) in [7, 11) is 1.16. The van der Waals surface area contributed by atoms with E-state index in [4.69, 9.17) is 0 Å². The largest absolute Gasteiger partial charge is 0.465 e. The van der Waals surface area contributed by atoms with Crippen LogP contribution in [0.1, 0.15) is 38.3 Å². The van der Waals surface area contributed by atoms with E-state index in [-0.39, 0.29) is 16.9 Å². The van der Waals surface area contributed by atoms with Crippen molar-refractivity contribution in [1.82, 2.24) is 0 Å². The smallest absolute Gasteiger partial charge is 0.344 e. The molecule has 33 heavy (non-hydrogen) atoms. The highest BCUT2D eigenvalue weighted by atomic mass is 16.6. The van der Waals surface area contributed by atoms with Crippen LogP contribution in [-0.4, -0.2) is 23.8 Å². The summed E-state index contributed by atoms with van der Waals surface area (Å²) >= 11 is 0. The number of benzene rings is 3. The number of rotatable bonds is 4. The molecule has 0 aliphatic heterocycles. The number of methoxy groups -OCH3 is 1. The monoisotopic (exact) mass is 439 g/mol. The molecule has 2 aliphatic rings. The van der Waals surface area contributed by atoms with Crippen molar-refractivity contribution in [1.29, 1.82) is 0 Å². The van der Waals surface area contributed by atoms with Crippen LogP contribution in [0.3, 0.4) is 0 Å². The number of ether oxygens (including phenoxy) is 1. The molecular formula is C27H21NO5. The van der Waals surface area contributed by atoms with Gasteiger partial charge in [-0.15, -0.1) is 0 Å². The van der Waals surface area contributed by atoms with E-state index in [9.17, 15) is 19.7 Å². The van der Waals surface area contributed by atoms with Crippen LogP contribution < -0.4 is 10.4 Å². The molecule has 0 heterocycles. The van der Waals surface area contributed by atoms with Crippen molar-refractivity contribution in [3.05, 3.63) is 97.4 Å². The van der Waals surface area contributed by atoms with Crippen LogP contribution in [0, 0.1) is 16.0 Å². The lowest BCUT2D eigenvalue weighted by Crippen LogP contribution is -2.37. The Morgan fingerprint density at radius 1 is 1.00 bits per heavy atom. The third kappa shape index (κ3) is 3.53. The lowest BCUT2D eigenvalue weighted by atomic mass is 9.82. The maximum atomic E-state index is 13.3. The standard InChI is InChI=1S/C27H21NO5/c1-33-27(30)23-13-10-19(15-25(23)28(31)32)26(29)18-7-6-17-9-11-21-20-5-3-2-4-16(20)8-12-22(21)24(17)14-18/h2-5,9-15,18H,6-8H2,1H3. The lowest BCUT2D eigenvalue weighted by molar-refractivity contribution is -0.385. The molecule has 0 amide bonds. The van der Waals surface area contributed by atoms with Gasteiger partial charge in [-0.3, -0.25) is 14.9 Å². The van der Waals surface area contributed by atoms with E-state index in [1.165, 1.54) is 34.9 Å². The Hall–Kier alpha value is -4.06. The maximum absolute atomic E-state index is 13.3. The molecule has 0 saturated carbocycles. The Morgan fingerprint density at radius 3 is 2.61 bits per heavy atom. The van der Waals surface area contributed by atoms with Gasteiger partial charge < -0.3 is 4.74 Å². The molecule has 2 aliphatic carbocycles. The molecule has 0 N–H and O–H groups in total. The molecule has 1 unspecified atom stereocenters. The van der Waals surface area contributed by atoms with Gasteiger partial charge in [-0.1, -0.05) is 54.6 Å². The number of carbonyl (C=O) groups excluding carboxylic acids is 2. The Kier molecular flexibility index (Phi) is 5.13. The number of aryl methyl sites for hydroxylation is 1. The number of carbonyl (C=O) groups is 2. The van der Waals surface area contributed by atoms with Gasteiger partial charge in [0.15, 0.2) is 5.78 Å². The van der Waals surface area contributed by atoms with Crippen LogP contribution in [0.4, 0.5) is 5.69 Å². The van der Waals surface area contributed by atoms with Crippen LogP contribution in [-0.2, 0) is 17.6 Å². The number of esters is 1. The fourth-order valence-corrected chi connectivity index (χ4v) is 4.86. The van der Waals surface area contributed by atoms with Crippen molar-refractivity contribution in [2.45, 2.75) is 19.3 Å². The minimum atomic E-state index is -0.804. The summed E-state index contributed by atoms with van der Waals surface area (Å²) in [6.07, 6.45) is 6.45. The second kappa shape index (κ2) is 8.13. The minimum Gasteiger partial charge on any atom is -0.465 e. The maximum Gasteiger partial charge on any atom is 0.344 e. The molecule has 0 spiro atoms. The highest BCUT2D eigenvalue weighted by Gasteiger charge is 2.27. The topological polar surface area (TPSA) is 86.5 Å². The van der Waals surface area contributed by atoms with Crippen molar-refractivity contribution in [2.75, 3.05) is 7.11 Å². The number of ketones is 1. The molecule has 3 aromatic rings. The third-order valence-corrected chi connectivity index (χ3v) is 6.52. The van der Waals surface area contributed by atoms with E-state index in [1.54, 1.807) is 0 Å². The number of hydrogen-bond donors (Lipinski definition) is 0. The average Bonchev–Trinajstić information content (AvgIpc) is 2.86. The van der Waals surface area contributed by atoms with Crippen LogP contribution in [0.5, 0.6) is 0 Å². The van der Waals surface area contributed by atoms with Gasteiger partial charge in [-0.25, -0.2) is 4.79 Å². The Bertz CT molecular complexity index is 1450. The fraction of sp³-hybridized carbons (Fsp3) is 0.185. The van der Waals surface area contributed by atoms with Crippen LogP contribution in [0.25, 0.3) is 23.3 Å². The molecule has 164 valence electrons. The molecule has 0 bridgehead atoms. The second-order valence-corrected chi connectivity index (χ2v) is 8.32. The lowest BCUT2D eigenvalue weighted by Gasteiger charge is -2.21. The zero-order valence-electron chi connectivity index (χ0n) is 18.0. The molecule has 0 fully saturated rings. The van der Waals surface area contributed by atoms with Gasteiger partial charge in [0.2, 0.25) is 0 Å². The SMILES string of the molecule is COC(=O)c1ccc(C(=O)C2C=c3c(ccc4c3=CCc3ccccc3-4)CC2)cc1[N+](=O)[O-]. The zero-order valence-corrected chi connectivity index (χ0v) is 18.0. The van der Waals surface area contributed by atoms with Crippen LogP contribution in [0.2, 0.25) is 0 Å². The summed E-state index contributed by atoms with van der Waals surface area (Å²) < 4.78 is 4.62. The number of hydrogen-bond acceptors (Lipinski definition) is 5. The summed E-state index contributed by atoms with van der Waals surface area (Å²) in [6.45, 7) is 0. The summed E-state index contributed by atoms with van der Waals surface area (Å²) in [6, 6.07) is 16.6. The van der Waals surface area contributed by atoms with Crippen LogP contribution in [0.15, 0.2) is 54.6 Å². The summed E-state index contributed by atoms with van der Waals surface area (Å²) in [5, 5.41) is 13.7. The first-order valence-electron chi connectivity index (χ1n) is 10.8. The van der Waals surface area contributed by atoms with Gasteiger partial charge >= 0.3 is 5.97 Å². The second-order valence-electron chi connectivity index (χ2n) is 8.32.